The molecule has 11 nitrogen and oxygen atoms in total. The van der Waals surface area contributed by atoms with Crippen molar-refractivity contribution in [2.24, 2.45) is 7.05 Å². The average Bonchev–Trinajstić information content (AvgIpc) is 2.83. The molecule has 0 fully saturated rings. The van der Waals surface area contributed by atoms with Crippen molar-refractivity contribution in [2.45, 2.75) is 4.90 Å². The number of rotatable bonds is 6. The SMILES string of the molecule is CNc1ncc2nc(-c3c(F)ccc(NS(=O)(=O)c4c(Cl)ccnc4OC)c3F)c(=O)n(C)c2n1. The van der Waals surface area contributed by atoms with E-state index in [1.165, 1.54) is 32.6 Å². The van der Waals surface area contributed by atoms with Crippen LogP contribution in [-0.2, 0) is 17.1 Å². The Morgan fingerprint density at radius 3 is 2.57 bits per heavy atom. The number of hydrogen-bond acceptors (Lipinski definition) is 9. The van der Waals surface area contributed by atoms with Crippen LogP contribution < -0.4 is 20.3 Å². The van der Waals surface area contributed by atoms with Crippen LogP contribution in [0, 0.1) is 11.6 Å². The van der Waals surface area contributed by atoms with E-state index in [-0.39, 0.29) is 28.0 Å². The second-order valence-corrected chi connectivity index (χ2v) is 9.02. The number of anilines is 2. The van der Waals surface area contributed by atoms with E-state index in [1.807, 2.05) is 4.72 Å². The van der Waals surface area contributed by atoms with Gasteiger partial charge in [0.25, 0.3) is 15.6 Å². The number of halogens is 3. The number of methoxy groups -OCH3 is 1. The van der Waals surface area contributed by atoms with E-state index < -0.39 is 49.1 Å². The maximum absolute atomic E-state index is 15.5. The first-order chi connectivity index (χ1) is 16.6. The van der Waals surface area contributed by atoms with Gasteiger partial charge in [-0.1, -0.05) is 11.6 Å². The molecular weight excluding hydrogens is 508 g/mol. The van der Waals surface area contributed by atoms with Crippen molar-refractivity contribution in [3.8, 4) is 17.1 Å². The summed E-state index contributed by atoms with van der Waals surface area (Å²) in [6, 6.07) is 2.86. The monoisotopic (exact) mass is 523 g/mol. The van der Waals surface area contributed by atoms with E-state index in [0.717, 1.165) is 16.7 Å². The number of hydrogen-bond donors (Lipinski definition) is 2. The molecule has 0 saturated heterocycles. The van der Waals surface area contributed by atoms with Gasteiger partial charge in [0, 0.05) is 20.3 Å². The van der Waals surface area contributed by atoms with Gasteiger partial charge in [0.15, 0.2) is 16.4 Å². The smallest absolute Gasteiger partial charge is 0.278 e. The summed E-state index contributed by atoms with van der Waals surface area (Å²) in [5.74, 6) is -2.64. The number of sulfonamides is 1. The first kappa shape index (κ1) is 24.2. The van der Waals surface area contributed by atoms with E-state index in [2.05, 4.69) is 25.3 Å². The molecule has 4 rings (SSSR count). The second kappa shape index (κ2) is 9.03. The van der Waals surface area contributed by atoms with Gasteiger partial charge in [-0.25, -0.2) is 32.2 Å². The number of benzene rings is 1. The lowest BCUT2D eigenvalue weighted by molar-refractivity contribution is 0.385. The average molecular weight is 524 g/mol. The standard InChI is InChI=1S/C20H16ClF2N7O4S/c1-24-20-26-8-12-17(28-20)30(2)19(31)15(27-12)13-10(22)4-5-11(14(13)23)29-35(32,33)16-9(21)6-7-25-18(16)34-3/h4-8,29H,1-3H3,(H,24,26,28). The highest BCUT2D eigenvalue weighted by Crippen LogP contribution is 2.33. The van der Waals surface area contributed by atoms with Crippen LogP contribution in [-0.4, -0.2) is 47.1 Å². The molecule has 0 bridgehead atoms. The highest BCUT2D eigenvalue weighted by molar-refractivity contribution is 7.93. The van der Waals surface area contributed by atoms with Crippen LogP contribution in [0.2, 0.25) is 5.02 Å². The van der Waals surface area contributed by atoms with Gasteiger partial charge in [-0.2, -0.15) is 4.98 Å². The first-order valence-corrected chi connectivity index (χ1v) is 11.6. The summed E-state index contributed by atoms with van der Waals surface area (Å²) in [5, 5.41) is 2.47. The van der Waals surface area contributed by atoms with Crippen LogP contribution in [0.1, 0.15) is 0 Å². The maximum Gasteiger partial charge on any atom is 0.278 e. The Hall–Kier alpha value is -3.91. The largest absolute Gasteiger partial charge is 0.480 e. The van der Waals surface area contributed by atoms with Gasteiger partial charge < -0.3 is 10.1 Å². The number of aromatic nitrogens is 5. The third kappa shape index (κ3) is 4.21. The number of aryl methyl sites for hydroxylation is 1. The molecule has 2 N–H and O–H groups in total. The van der Waals surface area contributed by atoms with Gasteiger partial charge >= 0.3 is 0 Å². The highest BCUT2D eigenvalue weighted by Gasteiger charge is 2.28. The van der Waals surface area contributed by atoms with Crippen LogP contribution in [0.15, 0.2) is 40.3 Å². The Morgan fingerprint density at radius 2 is 1.89 bits per heavy atom. The zero-order chi connectivity index (χ0) is 25.5. The molecule has 3 heterocycles. The molecule has 0 aliphatic carbocycles. The maximum atomic E-state index is 15.5. The van der Waals surface area contributed by atoms with Gasteiger partial charge in [0.05, 0.1) is 29.6 Å². The number of pyridine rings is 1. The Morgan fingerprint density at radius 1 is 1.14 bits per heavy atom. The summed E-state index contributed by atoms with van der Waals surface area (Å²) in [6.45, 7) is 0. The molecule has 0 atom stereocenters. The van der Waals surface area contributed by atoms with Crippen molar-refractivity contribution in [1.82, 2.24) is 24.5 Å². The summed E-state index contributed by atoms with van der Waals surface area (Å²) < 4.78 is 64.2. The van der Waals surface area contributed by atoms with Gasteiger partial charge in [0.2, 0.25) is 11.8 Å². The zero-order valence-electron chi connectivity index (χ0n) is 18.3. The Kier molecular flexibility index (Phi) is 6.25. The second-order valence-electron chi connectivity index (χ2n) is 7.00. The quantitative estimate of drug-likeness (QED) is 0.390. The van der Waals surface area contributed by atoms with E-state index in [9.17, 15) is 17.6 Å². The van der Waals surface area contributed by atoms with Crippen LogP contribution in [0.3, 0.4) is 0 Å². The number of nitrogens with zero attached hydrogens (tertiary/aromatic N) is 5. The minimum Gasteiger partial charge on any atom is -0.480 e. The minimum absolute atomic E-state index is 0.0813. The van der Waals surface area contributed by atoms with Crippen LogP contribution in [0.25, 0.3) is 22.4 Å². The molecule has 0 saturated carbocycles. The predicted octanol–water partition coefficient (Wildman–Crippen LogP) is 2.57. The highest BCUT2D eigenvalue weighted by atomic mass is 35.5. The molecule has 15 heteroatoms. The zero-order valence-corrected chi connectivity index (χ0v) is 19.9. The molecule has 0 spiro atoms. The van der Waals surface area contributed by atoms with Crippen molar-refractivity contribution in [1.29, 1.82) is 0 Å². The fraction of sp³-hybridized carbons (Fsp3) is 0.150. The van der Waals surface area contributed by atoms with E-state index >= 15 is 4.39 Å². The molecule has 182 valence electrons. The van der Waals surface area contributed by atoms with Gasteiger partial charge in [0.1, 0.15) is 17.0 Å². The minimum atomic E-state index is -4.54. The fourth-order valence-corrected chi connectivity index (χ4v) is 4.92. The van der Waals surface area contributed by atoms with Gasteiger partial charge in [-0.15, -0.1) is 0 Å². The summed E-state index contributed by atoms with van der Waals surface area (Å²) in [7, 11) is -0.440. The molecule has 35 heavy (non-hydrogen) atoms. The van der Waals surface area contributed by atoms with Crippen molar-refractivity contribution < 1.29 is 21.9 Å². The van der Waals surface area contributed by atoms with Crippen LogP contribution in [0.4, 0.5) is 20.4 Å². The van der Waals surface area contributed by atoms with Crippen molar-refractivity contribution in [3.05, 3.63) is 57.6 Å². The van der Waals surface area contributed by atoms with Gasteiger partial charge in [-0.05, 0) is 18.2 Å². The Bertz CT molecular complexity index is 1650. The number of nitrogens with one attached hydrogen (secondary N) is 2. The lowest BCUT2D eigenvalue weighted by Gasteiger charge is -2.14. The summed E-state index contributed by atoms with van der Waals surface area (Å²) in [6.07, 6.45) is 2.50. The molecule has 0 aliphatic heterocycles. The third-order valence-electron chi connectivity index (χ3n) is 4.89. The Labute approximate surface area is 201 Å². The number of fused-ring (bicyclic) bond motifs is 1. The fourth-order valence-electron chi connectivity index (χ4n) is 3.24. The summed E-state index contributed by atoms with van der Waals surface area (Å²) >= 11 is 6.00. The van der Waals surface area contributed by atoms with Crippen LogP contribution in [0.5, 0.6) is 5.88 Å². The summed E-state index contributed by atoms with van der Waals surface area (Å²) in [4.78, 5) is 28.3. The van der Waals surface area contributed by atoms with Crippen molar-refractivity contribution in [3.63, 3.8) is 0 Å². The predicted molar refractivity (Wildman–Crippen MR) is 124 cm³/mol. The van der Waals surface area contributed by atoms with Crippen LogP contribution >= 0.6 is 11.6 Å². The first-order valence-electron chi connectivity index (χ1n) is 9.70. The normalized spacial score (nSPS) is 11.5. The molecule has 0 amide bonds. The molecule has 0 radical (unpaired) electrons. The molecule has 4 aromatic rings. The van der Waals surface area contributed by atoms with E-state index in [4.69, 9.17) is 16.3 Å². The summed E-state index contributed by atoms with van der Waals surface area (Å²) in [5.41, 5.74) is -2.77. The topological polar surface area (TPSA) is 141 Å². The molecule has 3 aromatic heterocycles. The van der Waals surface area contributed by atoms with Gasteiger partial charge in [-0.3, -0.25) is 14.1 Å². The lowest BCUT2D eigenvalue weighted by Crippen LogP contribution is -2.23. The molecule has 0 unspecified atom stereocenters. The number of ether oxygens (including phenoxy) is 1. The molecule has 1 aromatic carbocycles. The van der Waals surface area contributed by atoms with E-state index in [1.54, 1.807) is 7.05 Å². The Balaban J connectivity index is 1.88. The molecule has 0 aliphatic rings. The van der Waals surface area contributed by atoms with E-state index in [0.29, 0.717) is 0 Å². The lowest BCUT2D eigenvalue weighted by atomic mass is 10.1. The van der Waals surface area contributed by atoms with Crippen molar-refractivity contribution >= 4 is 44.4 Å². The van der Waals surface area contributed by atoms with Crippen molar-refractivity contribution in [2.75, 3.05) is 24.2 Å². The molecular formula is C20H16ClF2N7O4S. The third-order valence-corrected chi connectivity index (χ3v) is 6.74.